The van der Waals surface area contributed by atoms with Crippen molar-refractivity contribution < 1.29 is 14.3 Å². The monoisotopic (exact) mass is 290 g/mol. The molecule has 1 aliphatic heterocycles. The molecule has 0 radical (unpaired) electrons. The third kappa shape index (κ3) is 3.74. The van der Waals surface area contributed by atoms with Gasteiger partial charge in [-0.3, -0.25) is 9.59 Å². The molecular formula is C16H22N2O3. The number of benzene rings is 1. The Morgan fingerprint density at radius 2 is 2.05 bits per heavy atom. The molecule has 1 aromatic carbocycles. The van der Waals surface area contributed by atoms with Crippen LogP contribution >= 0.6 is 0 Å². The molecule has 0 bridgehead atoms. The number of carbonyl (C=O) groups excluding carboxylic acids is 2. The van der Waals surface area contributed by atoms with E-state index in [1.807, 2.05) is 45.0 Å². The molecule has 114 valence electrons. The lowest BCUT2D eigenvalue weighted by Crippen LogP contribution is -2.60. The standard InChI is InChI=1S/C16H22N2O3/c1-11(2)15-16(20)17-8-9-18(15)14(19)10-21-13-6-4-12(3)5-7-13/h4-7,11,15H,8-10H2,1-3H3,(H,17,20). The fourth-order valence-electron chi connectivity index (χ4n) is 2.49. The van der Waals surface area contributed by atoms with Crippen molar-refractivity contribution in [2.45, 2.75) is 26.8 Å². The second-order valence-electron chi connectivity index (χ2n) is 5.67. The summed E-state index contributed by atoms with van der Waals surface area (Å²) < 4.78 is 5.52. The van der Waals surface area contributed by atoms with E-state index in [1.165, 1.54) is 0 Å². The summed E-state index contributed by atoms with van der Waals surface area (Å²) in [7, 11) is 0. The predicted octanol–water partition coefficient (Wildman–Crippen LogP) is 1.36. The number of carbonyl (C=O) groups is 2. The molecule has 1 N–H and O–H groups in total. The molecule has 1 fully saturated rings. The Morgan fingerprint density at radius 3 is 2.67 bits per heavy atom. The topological polar surface area (TPSA) is 58.6 Å². The van der Waals surface area contributed by atoms with Gasteiger partial charge in [-0.05, 0) is 25.0 Å². The van der Waals surface area contributed by atoms with E-state index in [0.29, 0.717) is 18.8 Å². The summed E-state index contributed by atoms with van der Waals surface area (Å²) in [5.41, 5.74) is 1.14. The van der Waals surface area contributed by atoms with E-state index in [-0.39, 0.29) is 24.3 Å². The average molecular weight is 290 g/mol. The SMILES string of the molecule is Cc1ccc(OCC(=O)N2CCNC(=O)C2C(C)C)cc1. The third-order valence-electron chi connectivity index (χ3n) is 3.59. The summed E-state index contributed by atoms with van der Waals surface area (Å²) >= 11 is 0. The minimum Gasteiger partial charge on any atom is -0.484 e. The van der Waals surface area contributed by atoms with Gasteiger partial charge in [-0.1, -0.05) is 31.5 Å². The second kappa shape index (κ2) is 6.61. The molecule has 1 unspecified atom stereocenters. The number of piperazine rings is 1. The van der Waals surface area contributed by atoms with Gasteiger partial charge in [-0.15, -0.1) is 0 Å². The van der Waals surface area contributed by atoms with Crippen molar-refractivity contribution in [3.05, 3.63) is 29.8 Å². The van der Waals surface area contributed by atoms with Crippen LogP contribution in [0.1, 0.15) is 19.4 Å². The highest BCUT2D eigenvalue weighted by atomic mass is 16.5. The van der Waals surface area contributed by atoms with Gasteiger partial charge in [0.2, 0.25) is 5.91 Å². The minimum absolute atomic E-state index is 0.0421. The summed E-state index contributed by atoms with van der Waals surface area (Å²) in [5, 5.41) is 2.80. The van der Waals surface area contributed by atoms with E-state index in [9.17, 15) is 9.59 Å². The van der Waals surface area contributed by atoms with Crippen LogP contribution in [0.3, 0.4) is 0 Å². The van der Waals surface area contributed by atoms with Crippen LogP contribution in [0.5, 0.6) is 5.75 Å². The molecule has 0 aliphatic carbocycles. The van der Waals surface area contributed by atoms with Crippen molar-refractivity contribution in [2.24, 2.45) is 5.92 Å². The molecule has 1 atom stereocenters. The van der Waals surface area contributed by atoms with Gasteiger partial charge in [-0.2, -0.15) is 0 Å². The Bertz CT molecular complexity index is 511. The first-order valence-corrected chi connectivity index (χ1v) is 7.25. The van der Waals surface area contributed by atoms with E-state index in [1.54, 1.807) is 4.90 Å². The van der Waals surface area contributed by atoms with Crippen LogP contribution in [0.2, 0.25) is 0 Å². The lowest BCUT2D eigenvalue weighted by molar-refractivity contribution is -0.146. The molecule has 5 nitrogen and oxygen atoms in total. The van der Waals surface area contributed by atoms with E-state index < -0.39 is 6.04 Å². The first-order chi connectivity index (χ1) is 9.99. The lowest BCUT2D eigenvalue weighted by Gasteiger charge is -2.37. The van der Waals surface area contributed by atoms with Gasteiger partial charge in [0.1, 0.15) is 11.8 Å². The lowest BCUT2D eigenvalue weighted by atomic mass is 9.99. The van der Waals surface area contributed by atoms with Crippen molar-refractivity contribution in [2.75, 3.05) is 19.7 Å². The Labute approximate surface area is 125 Å². The Kier molecular flexibility index (Phi) is 4.83. The van der Waals surface area contributed by atoms with Gasteiger partial charge in [0.25, 0.3) is 5.91 Å². The van der Waals surface area contributed by atoms with Gasteiger partial charge in [-0.25, -0.2) is 0 Å². The number of rotatable bonds is 4. The van der Waals surface area contributed by atoms with Crippen LogP contribution < -0.4 is 10.1 Å². The van der Waals surface area contributed by atoms with E-state index in [0.717, 1.165) is 5.56 Å². The van der Waals surface area contributed by atoms with Crippen LogP contribution in [-0.2, 0) is 9.59 Å². The van der Waals surface area contributed by atoms with Gasteiger partial charge in [0.05, 0.1) is 0 Å². The molecular weight excluding hydrogens is 268 g/mol. The molecule has 2 amide bonds. The van der Waals surface area contributed by atoms with Gasteiger partial charge >= 0.3 is 0 Å². The summed E-state index contributed by atoms with van der Waals surface area (Å²) in [6.45, 7) is 6.87. The highest BCUT2D eigenvalue weighted by molar-refractivity contribution is 5.89. The van der Waals surface area contributed by atoms with Gasteiger partial charge in [0.15, 0.2) is 6.61 Å². The maximum Gasteiger partial charge on any atom is 0.261 e. The average Bonchev–Trinajstić information content (AvgIpc) is 2.45. The summed E-state index contributed by atoms with van der Waals surface area (Å²) in [4.78, 5) is 25.9. The zero-order chi connectivity index (χ0) is 15.4. The third-order valence-corrected chi connectivity index (χ3v) is 3.59. The Morgan fingerprint density at radius 1 is 1.38 bits per heavy atom. The molecule has 0 spiro atoms. The smallest absolute Gasteiger partial charge is 0.261 e. The molecule has 5 heteroatoms. The number of nitrogens with one attached hydrogen (secondary N) is 1. The van der Waals surface area contributed by atoms with Crippen molar-refractivity contribution in [3.8, 4) is 5.75 Å². The first-order valence-electron chi connectivity index (χ1n) is 7.25. The number of amides is 2. The van der Waals surface area contributed by atoms with Crippen LogP contribution in [-0.4, -0.2) is 42.5 Å². The van der Waals surface area contributed by atoms with Crippen LogP contribution in [0, 0.1) is 12.8 Å². The predicted molar refractivity (Wildman–Crippen MR) is 80.0 cm³/mol. The zero-order valence-electron chi connectivity index (χ0n) is 12.8. The molecule has 1 heterocycles. The molecule has 1 aromatic rings. The number of hydrogen-bond donors (Lipinski definition) is 1. The molecule has 0 saturated carbocycles. The number of ether oxygens (including phenoxy) is 1. The fraction of sp³-hybridized carbons (Fsp3) is 0.500. The normalized spacial score (nSPS) is 18.6. The van der Waals surface area contributed by atoms with E-state index in [2.05, 4.69) is 5.32 Å². The van der Waals surface area contributed by atoms with Crippen LogP contribution in [0.4, 0.5) is 0 Å². The highest BCUT2D eigenvalue weighted by Gasteiger charge is 2.35. The van der Waals surface area contributed by atoms with Crippen LogP contribution in [0.15, 0.2) is 24.3 Å². The van der Waals surface area contributed by atoms with Gasteiger partial charge in [0, 0.05) is 13.1 Å². The quantitative estimate of drug-likeness (QED) is 0.911. The number of hydrogen-bond acceptors (Lipinski definition) is 3. The number of nitrogens with zero attached hydrogens (tertiary/aromatic N) is 1. The molecule has 1 saturated heterocycles. The number of aryl methyl sites for hydroxylation is 1. The maximum absolute atomic E-state index is 12.3. The van der Waals surface area contributed by atoms with Gasteiger partial charge < -0.3 is 15.0 Å². The van der Waals surface area contributed by atoms with Crippen LogP contribution in [0.25, 0.3) is 0 Å². The fourth-order valence-corrected chi connectivity index (χ4v) is 2.49. The second-order valence-corrected chi connectivity index (χ2v) is 5.67. The highest BCUT2D eigenvalue weighted by Crippen LogP contribution is 2.16. The largest absolute Gasteiger partial charge is 0.484 e. The van der Waals surface area contributed by atoms with Crippen molar-refractivity contribution >= 4 is 11.8 Å². The summed E-state index contributed by atoms with van der Waals surface area (Å²) in [6.07, 6.45) is 0. The zero-order valence-corrected chi connectivity index (χ0v) is 12.8. The molecule has 1 aliphatic rings. The summed E-state index contributed by atoms with van der Waals surface area (Å²) in [5.74, 6) is 0.509. The Balaban J connectivity index is 1.98. The summed E-state index contributed by atoms with van der Waals surface area (Å²) in [6, 6.07) is 7.14. The molecule has 0 aromatic heterocycles. The maximum atomic E-state index is 12.3. The van der Waals surface area contributed by atoms with Crippen molar-refractivity contribution in [1.29, 1.82) is 0 Å². The van der Waals surface area contributed by atoms with Crippen molar-refractivity contribution in [3.63, 3.8) is 0 Å². The Hall–Kier alpha value is -2.04. The minimum atomic E-state index is -0.409. The molecule has 2 rings (SSSR count). The van der Waals surface area contributed by atoms with E-state index >= 15 is 0 Å². The van der Waals surface area contributed by atoms with Crippen molar-refractivity contribution in [1.82, 2.24) is 10.2 Å². The first kappa shape index (κ1) is 15.4. The van der Waals surface area contributed by atoms with E-state index in [4.69, 9.17) is 4.74 Å². The molecule has 21 heavy (non-hydrogen) atoms.